The third kappa shape index (κ3) is 2.16. The van der Waals surface area contributed by atoms with Crippen molar-refractivity contribution in [3.8, 4) is 0 Å². The Kier molecular flexibility index (Phi) is 2.40. The molecule has 0 aliphatic carbocycles. The van der Waals surface area contributed by atoms with E-state index in [2.05, 4.69) is 20.4 Å². The van der Waals surface area contributed by atoms with E-state index in [0.717, 1.165) is 0 Å². The van der Waals surface area contributed by atoms with Gasteiger partial charge in [-0.2, -0.15) is 5.10 Å². The molecule has 0 unspecified atom stereocenters. The molecule has 2 aromatic rings. The van der Waals surface area contributed by atoms with Gasteiger partial charge in [0, 0.05) is 25.5 Å². The summed E-state index contributed by atoms with van der Waals surface area (Å²) in [5.74, 6) is 0.979. The fourth-order valence-electron chi connectivity index (χ4n) is 1.05. The lowest BCUT2D eigenvalue weighted by Crippen LogP contribution is -2.18. The molecule has 0 fully saturated rings. The fraction of sp³-hybridized carbons (Fsp3) is 0.111. The van der Waals surface area contributed by atoms with Gasteiger partial charge in [-0.05, 0) is 12.1 Å². The minimum atomic E-state index is -0.158. The zero-order valence-electron chi connectivity index (χ0n) is 8.08. The third-order valence-electron chi connectivity index (χ3n) is 1.77. The maximum atomic E-state index is 11.1. The van der Waals surface area contributed by atoms with Crippen molar-refractivity contribution in [1.29, 1.82) is 0 Å². The molecule has 0 aliphatic heterocycles. The number of aromatic nitrogens is 4. The van der Waals surface area contributed by atoms with Gasteiger partial charge in [-0.3, -0.25) is 4.79 Å². The van der Waals surface area contributed by atoms with E-state index in [1.54, 1.807) is 31.6 Å². The summed E-state index contributed by atoms with van der Waals surface area (Å²) in [7, 11) is 1.58. The van der Waals surface area contributed by atoms with Crippen molar-refractivity contribution in [2.75, 3.05) is 5.32 Å². The van der Waals surface area contributed by atoms with Crippen LogP contribution in [0.15, 0.2) is 35.4 Å². The molecular formula is C9H9N5O. The van der Waals surface area contributed by atoms with Crippen molar-refractivity contribution in [2.45, 2.75) is 0 Å². The van der Waals surface area contributed by atoms with Crippen molar-refractivity contribution < 1.29 is 0 Å². The van der Waals surface area contributed by atoms with Gasteiger partial charge in [0.1, 0.15) is 0 Å². The van der Waals surface area contributed by atoms with Crippen LogP contribution in [0.1, 0.15) is 0 Å². The molecule has 2 heterocycles. The molecule has 0 saturated heterocycles. The van der Waals surface area contributed by atoms with E-state index in [1.807, 2.05) is 0 Å². The van der Waals surface area contributed by atoms with Gasteiger partial charge in [0.2, 0.25) is 5.95 Å². The smallest absolute Gasteiger partial charge is 0.266 e. The van der Waals surface area contributed by atoms with E-state index in [9.17, 15) is 4.79 Å². The van der Waals surface area contributed by atoms with Crippen LogP contribution in [0.4, 0.5) is 11.8 Å². The van der Waals surface area contributed by atoms with Crippen LogP contribution in [0, 0.1) is 0 Å². The summed E-state index contributed by atoms with van der Waals surface area (Å²) in [6.45, 7) is 0. The molecule has 0 aromatic carbocycles. The predicted molar refractivity (Wildman–Crippen MR) is 54.8 cm³/mol. The average Bonchev–Trinajstić information content (AvgIpc) is 2.25. The highest BCUT2D eigenvalue weighted by Gasteiger charge is 1.98. The van der Waals surface area contributed by atoms with Gasteiger partial charge in [0.25, 0.3) is 5.56 Å². The van der Waals surface area contributed by atoms with Crippen molar-refractivity contribution >= 4 is 11.8 Å². The Labute approximate surface area is 85.6 Å². The average molecular weight is 203 g/mol. The molecule has 0 radical (unpaired) electrons. The van der Waals surface area contributed by atoms with E-state index < -0.39 is 0 Å². The molecule has 6 heteroatoms. The summed E-state index contributed by atoms with van der Waals surface area (Å²) < 4.78 is 1.24. The van der Waals surface area contributed by atoms with Crippen LogP contribution < -0.4 is 10.9 Å². The first-order chi connectivity index (χ1) is 7.25. The van der Waals surface area contributed by atoms with E-state index in [0.29, 0.717) is 11.8 Å². The molecular weight excluding hydrogens is 194 g/mol. The van der Waals surface area contributed by atoms with E-state index in [-0.39, 0.29) is 5.56 Å². The first kappa shape index (κ1) is 9.32. The SMILES string of the molecule is Cn1nc(Nc2ncccn2)ccc1=O. The van der Waals surface area contributed by atoms with Crippen LogP contribution in [-0.2, 0) is 7.05 Å². The van der Waals surface area contributed by atoms with Gasteiger partial charge >= 0.3 is 0 Å². The quantitative estimate of drug-likeness (QED) is 0.760. The largest absolute Gasteiger partial charge is 0.307 e. The van der Waals surface area contributed by atoms with E-state index in [1.165, 1.54) is 10.7 Å². The van der Waals surface area contributed by atoms with Gasteiger partial charge in [0.15, 0.2) is 5.82 Å². The molecule has 0 atom stereocenters. The Bertz CT molecular complexity index is 507. The lowest BCUT2D eigenvalue weighted by molar-refractivity contribution is 0.712. The maximum absolute atomic E-state index is 11.1. The monoisotopic (exact) mass is 203 g/mol. The van der Waals surface area contributed by atoms with Crippen LogP contribution >= 0.6 is 0 Å². The van der Waals surface area contributed by atoms with Crippen LogP contribution in [0.25, 0.3) is 0 Å². The summed E-state index contributed by atoms with van der Waals surface area (Å²) in [4.78, 5) is 19.0. The summed E-state index contributed by atoms with van der Waals surface area (Å²) in [6.07, 6.45) is 3.24. The second-order valence-corrected chi connectivity index (χ2v) is 2.88. The third-order valence-corrected chi connectivity index (χ3v) is 1.77. The lowest BCUT2D eigenvalue weighted by Gasteiger charge is -2.03. The number of anilines is 2. The fourth-order valence-corrected chi connectivity index (χ4v) is 1.05. The van der Waals surface area contributed by atoms with E-state index >= 15 is 0 Å². The van der Waals surface area contributed by atoms with Crippen molar-refractivity contribution in [3.05, 3.63) is 40.9 Å². The summed E-state index contributed by atoms with van der Waals surface area (Å²) in [5, 5.41) is 6.86. The van der Waals surface area contributed by atoms with Crippen molar-refractivity contribution in [2.24, 2.45) is 7.05 Å². The standard InChI is InChI=1S/C9H9N5O/c1-14-8(15)4-3-7(13-14)12-9-10-5-2-6-11-9/h2-6H,1H3,(H,10,11,12,13). The normalized spacial score (nSPS) is 9.93. The molecule has 0 bridgehead atoms. The number of rotatable bonds is 2. The maximum Gasteiger partial charge on any atom is 0.266 e. The van der Waals surface area contributed by atoms with Gasteiger partial charge in [-0.1, -0.05) is 0 Å². The Morgan fingerprint density at radius 2 is 2.00 bits per heavy atom. The molecule has 2 rings (SSSR count). The number of nitrogens with one attached hydrogen (secondary N) is 1. The van der Waals surface area contributed by atoms with Crippen LogP contribution in [0.2, 0.25) is 0 Å². The van der Waals surface area contributed by atoms with Crippen LogP contribution in [-0.4, -0.2) is 19.7 Å². The Balaban J connectivity index is 2.26. The van der Waals surface area contributed by atoms with Gasteiger partial charge in [-0.15, -0.1) is 0 Å². The topological polar surface area (TPSA) is 72.7 Å². The molecule has 15 heavy (non-hydrogen) atoms. The highest BCUT2D eigenvalue weighted by molar-refractivity contribution is 5.45. The Morgan fingerprint density at radius 1 is 1.27 bits per heavy atom. The molecule has 0 amide bonds. The number of aryl methyl sites for hydroxylation is 1. The highest BCUT2D eigenvalue weighted by atomic mass is 16.1. The molecule has 6 nitrogen and oxygen atoms in total. The summed E-state index contributed by atoms with van der Waals surface area (Å²) >= 11 is 0. The minimum absolute atomic E-state index is 0.158. The first-order valence-corrected chi connectivity index (χ1v) is 4.34. The molecule has 76 valence electrons. The zero-order valence-corrected chi connectivity index (χ0v) is 8.08. The molecule has 0 saturated carbocycles. The predicted octanol–water partition coefficient (Wildman–Crippen LogP) is 0.314. The number of hydrogen-bond donors (Lipinski definition) is 1. The summed E-state index contributed by atoms with van der Waals surface area (Å²) in [5.41, 5.74) is -0.158. The number of nitrogens with zero attached hydrogens (tertiary/aromatic N) is 4. The second kappa shape index (κ2) is 3.87. The first-order valence-electron chi connectivity index (χ1n) is 4.34. The second-order valence-electron chi connectivity index (χ2n) is 2.88. The molecule has 0 aliphatic rings. The van der Waals surface area contributed by atoms with Crippen molar-refractivity contribution in [1.82, 2.24) is 19.7 Å². The lowest BCUT2D eigenvalue weighted by atomic mass is 10.5. The zero-order chi connectivity index (χ0) is 10.7. The van der Waals surface area contributed by atoms with Crippen LogP contribution in [0.3, 0.4) is 0 Å². The van der Waals surface area contributed by atoms with Gasteiger partial charge in [-0.25, -0.2) is 14.6 Å². The van der Waals surface area contributed by atoms with Crippen molar-refractivity contribution in [3.63, 3.8) is 0 Å². The summed E-state index contributed by atoms with van der Waals surface area (Å²) in [6, 6.07) is 4.73. The Hall–Kier alpha value is -2.24. The minimum Gasteiger partial charge on any atom is -0.307 e. The highest BCUT2D eigenvalue weighted by Crippen LogP contribution is 2.04. The Morgan fingerprint density at radius 3 is 2.67 bits per heavy atom. The molecule has 0 spiro atoms. The molecule has 2 aromatic heterocycles. The van der Waals surface area contributed by atoms with Gasteiger partial charge < -0.3 is 5.32 Å². The molecule has 1 N–H and O–H groups in total. The van der Waals surface area contributed by atoms with Gasteiger partial charge in [0.05, 0.1) is 0 Å². The van der Waals surface area contributed by atoms with E-state index in [4.69, 9.17) is 0 Å². The van der Waals surface area contributed by atoms with Crippen LogP contribution in [0.5, 0.6) is 0 Å². The number of hydrogen-bond acceptors (Lipinski definition) is 5.